The van der Waals surface area contributed by atoms with Crippen LogP contribution in [0.25, 0.3) is 0 Å². The number of carbonyl (C=O) groups excluding carboxylic acids is 1. The number of nitrogens with zero attached hydrogens (tertiary/aromatic N) is 1. The van der Waals surface area contributed by atoms with Crippen molar-refractivity contribution in [3.05, 3.63) is 53.6 Å². The first-order chi connectivity index (χ1) is 13.6. The van der Waals surface area contributed by atoms with Crippen LogP contribution in [0.1, 0.15) is 18.1 Å². The quantitative estimate of drug-likeness (QED) is 0.631. The van der Waals surface area contributed by atoms with Crippen molar-refractivity contribution in [2.45, 2.75) is 26.8 Å². The van der Waals surface area contributed by atoms with Gasteiger partial charge in [-0.25, -0.2) is 8.42 Å². The highest BCUT2D eigenvalue weighted by Gasteiger charge is 2.29. The van der Waals surface area contributed by atoms with Crippen molar-refractivity contribution >= 4 is 21.6 Å². The van der Waals surface area contributed by atoms with Crippen molar-refractivity contribution in [3.8, 4) is 11.5 Å². The molecule has 158 valence electrons. The zero-order chi connectivity index (χ0) is 21.6. The lowest BCUT2D eigenvalue weighted by molar-refractivity contribution is -0.121. The first kappa shape index (κ1) is 22.5. The van der Waals surface area contributed by atoms with Gasteiger partial charge in [-0.15, -0.1) is 0 Å². The summed E-state index contributed by atoms with van der Waals surface area (Å²) in [7, 11) is -2.08. The van der Waals surface area contributed by atoms with Crippen LogP contribution in [0, 0.1) is 13.8 Å². The molecule has 0 fully saturated rings. The SMILES string of the molecule is COc1cccc(OCCNC(=O)[C@@H](C)N(c2cc(C)cc(C)c2)S(C)(=O)=O)c1. The van der Waals surface area contributed by atoms with Crippen LogP contribution in [0.4, 0.5) is 5.69 Å². The molecule has 0 aliphatic heterocycles. The lowest BCUT2D eigenvalue weighted by atomic mass is 10.1. The molecule has 0 bridgehead atoms. The topological polar surface area (TPSA) is 84.9 Å². The Hall–Kier alpha value is -2.74. The predicted molar refractivity (Wildman–Crippen MR) is 114 cm³/mol. The number of benzene rings is 2. The number of hydrogen-bond acceptors (Lipinski definition) is 5. The molecule has 0 saturated heterocycles. The Kier molecular flexibility index (Phi) is 7.50. The molecular weight excluding hydrogens is 392 g/mol. The number of hydrogen-bond donors (Lipinski definition) is 1. The molecule has 0 spiro atoms. The second-order valence-corrected chi connectivity index (χ2v) is 8.76. The van der Waals surface area contributed by atoms with Gasteiger partial charge in [0.15, 0.2) is 0 Å². The second kappa shape index (κ2) is 9.65. The van der Waals surface area contributed by atoms with E-state index in [1.165, 1.54) is 0 Å². The van der Waals surface area contributed by atoms with E-state index in [1.54, 1.807) is 38.3 Å². The number of amides is 1. The van der Waals surface area contributed by atoms with Crippen LogP contribution in [0.2, 0.25) is 0 Å². The molecule has 1 N–H and O–H groups in total. The van der Waals surface area contributed by atoms with Crippen LogP contribution in [0.5, 0.6) is 11.5 Å². The third-order valence-electron chi connectivity index (χ3n) is 4.26. The monoisotopic (exact) mass is 420 g/mol. The van der Waals surface area contributed by atoms with Gasteiger partial charge in [-0.1, -0.05) is 12.1 Å². The summed E-state index contributed by atoms with van der Waals surface area (Å²) in [6.07, 6.45) is 1.10. The molecule has 0 aliphatic rings. The number of aryl methyl sites for hydroxylation is 2. The van der Waals surface area contributed by atoms with Gasteiger partial charge < -0.3 is 14.8 Å². The third-order valence-corrected chi connectivity index (χ3v) is 5.50. The average Bonchev–Trinajstić information content (AvgIpc) is 2.63. The van der Waals surface area contributed by atoms with E-state index < -0.39 is 22.0 Å². The molecule has 0 unspecified atom stereocenters. The Labute approximate surface area is 172 Å². The smallest absolute Gasteiger partial charge is 0.243 e. The predicted octanol–water partition coefficient (Wildman–Crippen LogP) is 2.66. The van der Waals surface area contributed by atoms with Gasteiger partial charge in [0.25, 0.3) is 0 Å². The fraction of sp³-hybridized carbons (Fsp3) is 0.381. The maximum atomic E-state index is 12.6. The van der Waals surface area contributed by atoms with Crippen molar-refractivity contribution in [1.82, 2.24) is 5.32 Å². The molecule has 0 aliphatic carbocycles. The number of rotatable bonds is 9. The average molecular weight is 421 g/mol. The summed E-state index contributed by atoms with van der Waals surface area (Å²) in [5.41, 5.74) is 2.32. The molecule has 0 heterocycles. The molecule has 0 aromatic heterocycles. The molecule has 8 heteroatoms. The Bertz CT molecular complexity index is 939. The van der Waals surface area contributed by atoms with Gasteiger partial charge in [0.05, 0.1) is 25.6 Å². The van der Waals surface area contributed by atoms with E-state index in [1.807, 2.05) is 32.0 Å². The van der Waals surface area contributed by atoms with E-state index in [9.17, 15) is 13.2 Å². The van der Waals surface area contributed by atoms with Crippen molar-refractivity contribution in [3.63, 3.8) is 0 Å². The fourth-order valence-corrected chi connectivity index (χ4v) is 4.23. The Morgan fingerprint density at radius 2 is 1.72 bits per heavy atom. The van der Waals surface area contributed by atoms with Crippen molar-refractivity contribution in [1.29, 1.82) is 0 Å². The zero-order valence-corrected chi connectivity index (χ0v) is 18.2. The summed E-state index contributed by atoms with van der Waals surface area (Å²) in [5.74, 6) is 0.904. The van der Waals surface area contributed by atoms with Crippen molar-refractivity contribution < 1.29 is 22.7 Å². The van der Waals surface area contributed by atoms with Gasteiger partial charge in [0.2, 0.25) is 15.9 Å². The number of sulfonamides is 1. The molecule has 0 radical (unpaired) electrons. The molecule has 1 amide bonds. The summed E-state index contributed by atoms with van der Waals surface area (Å²) < 4.78 is 36.6. The van der Waals surface area contributed by atoms with Gasteiger partial charge in [0, 0.05) is 6.07 Å². The first-order valence-corrected chi connectivity index (χ1v) is 11.1. The summed E-state index contributed by atoms with van der Waals surface area (Å²) >= 11 is 0. The van der Waals surface area contributed by atoms with E-state index in [0.717, 1.165) is 21.7 Å². The molecule has 2 aromatic rings. The third kappa shape index (κ3) is 6.39. The molecule has 2 rings (SSSR count). The van der Waals surface area contributed by atoms with Gasteiger partial charge >= 0.3 is 0 Å². The number of methoxy groups -OCH3 is 1. The van der Waals surface area contributed by atoms with E-state index in [0.29, 0.717) is 17.2 Å². The number of carbonyl (C=O) groups is 1. The van der Waals surface area contributed by atoms with Gasteiger partial charge in [0.1, 0.15) is 24.1 Å². The molecule has 7 nitrogen and oxygen atoms in total. The zero-order valence-electron chi connectivity index (χ0n) is 17.4. The normalized spacial score (nSPS) is 12.2. The molecular formula is C21H28N2O5S. The minimum atomic E-state index is -3.65. The van der Waals surface area contributed by atoms with Gasteiger partial charge in [-0.05, 0) is 56.2 Å². The summed E-state index contributed by atoms with van der Waals surface area (Å²) in [4.78, 5) is 12.6. The maximum absolute atomic E-state index is 12.6. The highest BCUT2D eigenvalue weighted by molar-refractivity contribution is 7.92. The first-order valence-electron chi connectivity index (χ1n) is 9.24. The van der Waals surface area contributed by atoms with Gasteiger partial charge in [-0.3, -0.25) is 9.10 Å². The largest absolute Gasteiger partial charge is 0.497 e. The maximum Gasteiger partial charge on any atom is 0.243 e. The van der Waals surface area contributed by atoms with Crippen LogP contribution < -0.4 is 19.1 Å². The minimum Gasteiger partial charge on any atom is -0.497 e. The highest BCUT2D eigenvalue weighted by Crippen LogP contribution is 2.24. The number of anilines is 1. The van der Waals surface area contributed by atoms with E-state index in [-0.39, 0.29) is 13.2 Å². The summed E-state index contributed by atoms with van der Waals surface area (Å²) in [6, 6.07) is 11.7. The lowest BCUT2D eigenvalue weighted by Crippen LogP contribution is -2.48. The Morgan fingerprint density at radius 3 is 2.31 bits per heavy atom. The van der Waals surface area contributed by atoms with Crippen LogP contribution in [0.15, 0.2) is 42.5 Å². The van der Waals surface area contributed by atoms with Crippen LogP contribution in [-0.2, 0) is 14.8 Å². The molecule has 2 aromatic carbocycles. The summed E-state index contributed by atoms with van der Waals surface area (Å²) in [6.45, 7) is 5.82. The number of nitrogens with one attached hydrogen (secondary N) is 1. The van der Waals surface area contributed by atoms with E-state index in [4.69, 9.17) is 9.47 Å². The van der Waals surface area contributed by atoms with E-state index >= 15 is 0 Å². The van der Waals surface area contributed by atoms with Crippen LogP contribution >= 0.6 is 0 Å². The number of ether oxygens (including phenoxy) is 2. The Morgan fingerprint density at radius 1 is 1.10 bits per heavy atom. The fourth-order valence-electron chi connectivity index (χ4n) is 3.07. The van der Waals surface area contributed by atoms with Crippen molar-refractivity contribution in [2.75, 3.05) is 30.8 Å². The minimum absolute atomic E-state index is 0.241. The lowest BCUT2D eigenvalue weighted by Gasteiger charge is -2.28. The van der Waals surface area contributed by atoms with Crippen molar-refractivity contribution in [2.24, 2.45) is 0 Å². The molecule has 29 heavy (non-hydrogen) atoms. The second-order valence-electron chi connectivity index (χ2n) is 6.90. The Balaban J connectivity index is 2.02. The van der Waals surface area contributed by atoms with Crippen LogP contribution in [0.3, 0.4) is 0 Å². The summed E-state index contributed by atoms with van der Waals surface area (Å²) in [5, 5.41) is 2.73. The van der Waals surface area contributed by atoms with Gasteiger partial charge in [-0.2, -0.15) is 0 Å². The van der Waals surface area contributed by atoms with Crippen LogP contribution in [-0.4, -0.2) is 46.9 Å². The molecule has 0 saturated carbocycles. The standard InChI is InChI=1S/C21H28N2O5S/c1-15-11-16(2)13-18(12-15)23(29(5,25)26)17(3)21(24)22-9-10-28-20-8-6-7-19(14-20)27-4/h6-8,11-14,17H,9-10H2,1-5H3,(H,22,24)/t17-/m1/s1. The van der Waals surface area contributed by atoms with E-state index in [2.05, 4.69) is 5.32 Å². The highest BCUT2D eigenvalue weighted by atomic mass is 32.2. The molecule has 1 atom stereocenters.